The molecule has 0 radical (unpaired) electrons. The molecule has 0 aliphatic heterocycles. The van der Waals surface area contributed by atoms with Crippen molar-refractivity contribution in [3.63, 3.8) is 0 Å². The lowest BCUT2D eigenvalue weighted by Crippen LogP contribution is -2.42. The third kappa shape index (κ3) is 4.37. The Morgan fingerprint density at radius 1 is 1.33 bits per heavy atom. The van der Waals surface area contributed by atoms with Crippen LogP contribution in [0.25, 0.3) is 0 Å². The molecule has 1 aromatic carbocycles. The molecule has 0 heterocycles. The summed E-state index contributed by atoms with van der Waals surface area (Å²) in [6.07, 6.45) is -0.343. The molecular formula is C14H22N2O2. The molecule has 0 aliphatic rings. The number of amides is 1. The predicted octanol–water partition coefficient (Wildman–Crippen LogP) is 2.65. The van der Waals surface area contributed by atoms with E-state index in [1.54, 1.807) is 7.05 Å². The van der Waals surface area contributed by atoms with Gasteiger partial charge in [-0.3, -0.25) is 4.90 Å². The van der Waals surface area contributed by atoms with Gasteiger partial charge >= 0.3 is 6.09 Å². The Balaban J connectivity index is 2.60. The van der Waals surface area contributed by atoms with Crippen LogP contribution in [-0.4, -0.2) is 31.8 Å². The molecule has 18 heavy (non-hydrogen) atoms. The maximum atomic E-state index is 12.0. The molecule has 0 atom stereocenters. The van der Waals surface area contributed by atoms with Crippen LogP contribution in [0.4, 0.5) is 10.5 Å². The molecule has 1 N–H and O–H groups in total. The first-order chi connectivity index (χ1) is 8.46. The number of ether oxygens (including phenoxy) is 1. The summed E-state index contributed by atoms with van der Waals surface area (Å²) in [4.78, 5) is 13.5. The van der Waals surface area contributed by atoms with Crippen LogP contribution in [0, 0.1) is 0 Å². The fraction of sp³-hybridized carbons (Fsp3) is 0.500. The Labute approximate surface area is 109 Å². The molecule has 0 aromatic heterocycles. The molecule has 1 rings (SSSR count). The van der Waals surface area contributed by atoms with Crippen LogP contribution >= 0.6 is 0 Å². The summed E-state index contributed by atoms with van der Waals surface area (Å²) < 4.78 is 5.48. The Kier molecular flexibility index (Phi) is 5.16. The van der Waals surface area contributed by atoms with Crippen molar-refractivity contribution >= 4 is 11.8 Å². The van der Waals surface area contributed by atoms with Crippen molar-refractivity contribution in [2.24, 2.45) is 0 Å². The third-order valence-electron chi connectivity index (χ3n) is 2.58. The summed E-state index contributed by atoms with van der Waals surface area (Å²) in [5.74, 6) is 0. The minimum atomic E-state index is -0.518. The highest BCUT2D eigenvalue weighted by molar-refractivity contribution is 5.87. The Bertz CT molecular complexity index is 377. The van der Waals surface area contributed by atoms with E-state index in [1.807, 2.05) is 51.1 Å². The van der Waals surface area contributed by atoms with Crippen molar-refractivity contribution < 1.29 is 9.53 Å². The number of rotatable bonds is 5. The minimum Gasteiger partial charge on any atom is -0.442 e. The number of carbonyl (C=O) groups is 1. The second kappa shape index (κ2) is 6.40. The SMILES string of the molecule is CCNCC(C)(C)OC(=O)N(C)c1ccccc1. The van der Waals surface area contributed by atoms with Gasteiger partial charge in [-0.15, -0.1) is 0 Å². The van der Waals surface area contributed by atoms with E-state index in [0.717, 1.165) is 12.2 Å². The van der Waals surface area contributed by atoms with Crippen LogP contribution in [0.2, 0.25) is 0 Å². The van der Waals surface area contributed by atoms with Gasteiger partial charge in [0.15, 0.2) is 0 Å². The van der Waals surface area contributed by atoms with Gasteiger partial charge in [0, 0.05) is 19.3 Å². The van der Waals surface area contributed by atoms with Crippen molar-refractivity contribution in [1.29, 1.82) is 0 Å². The van der Waals surface area contributed by atoms with Crippen LogP contribution in [0.3, 0.4) is 0 Å². The second-order valence-electron chi connectivity index (χ2n) is 4.80. The number of nitrogens with zero attached hydrogens (tertiary/aromatic N) is 1. The number of benzene rings is 1. The molecular weight excluding hydrogens is 228 g/mol. The highest BCUT2D eigenvalue weighted by atomic mass is 16.6. The second-order valence-corrected chi connectivity index (χ2v) is 4.80. The quantitative estimate of drug-likeness (QED) is 0.873. The molecule has 0 aliphatic carbocycles. The zero-order chi connectivity index (χ0) is 13.6. The summed E-state index contributed by atoms with van der Waals surface area (Å²) >= 11 is 0. The van der Waals surface area contributed by atoms with Gasteiger partial charge in [-0.05, 0) is 32.5 Å². The number of para-hydroxylation sites is 1. The Morgan fingerprint density at radius 3 is 2.50 bits per heavy atom. The van der Waals surface area contributed by atoms with E-state index in [-0.39, 0.29) is 6.09 Å². The van der Waals surface area contributed by atoms with Gasteiger partial charge in [0.2, 0.25) is 0 Å². The van der Waals surface area contributed by atoms with E-state index in [2.05, 4.69) is 5.32 Å². The topological polar surface area (TPSA) is 41.6 Å². The molecule has 0 spiro atoms. The number of nitrogens with one attached hydrogen (secondary N) is 1. The van der Waals surface area contributed by atoms with E-state index < -0.39 is 5.60 Å². The van der Waals surface area contributed by atoms with Crippen molar-refractivity contribution in [2.75, 3.05) is 25.0 Å². The highest BCUT2D eigenvalue weighted by Crippen LogP contribution is 2.16. The normalized spacial score (nSPS) is 11.1. The van der Waals surface area contributed by atoms with E-state index in [0.29, 0.717) is 6.54 Å². The average molecular weight is 250 g/mol. The summed E-state index contributed by atoms with van der Waals surface area (Å²) in [7, 11) is 1.71. The van der Waals surface area contributed by atoms with Crippen molar-refractivity contribution in [1.82, 2.24) is 5.32 Å². The van der Waals surface area contributed by atoms with Gasteiger partial charge in [0.1, 0.15) is 5.60 Å². The monoisotopic (exact) mass is 250 g/mol. The fourth-order valence-electron chi connectivity index (χ4n) is 1.52. The molecule has 1 aromatic rings. The summed E-state index contributed by atoms with van der Waals surface area (Å²) in [5, 5.41) is 3.18. The lowest BCUT2D eigenvalue weighted by Gasteiger charge is -2.28. The van der Waals surface area contributed by atoms with E-state index in [1.165, 1.54) is 4.90 Å². The first kappa shape index (κ1) is 14.5. The molecule has 4 heteroatoms. The van der Waals surface area contributed by atoms with Gasteiger partial charge in [-0.25, -0.2) is 4.79 Å². The maximum absolute atomic E-state index is 12.0. The molecule has 0 saturated heterocycles. The van der Waals surface area contributed by atoms with Crippen LogP contribution in [-0.2, 0) is 4.74 Å². The molecule has 1 amide bonds. The number of hydrogen-bond donors (Lipinski definition) is 1. The van der Waals surface area contributed by atoms with E-state index >= 15 is 0 Å². The molecule has 0 bridgehead atoms. The zero-order valence-electron chi connectivity index (χ0n) is 11.6. The van der Waals surface area contributed by atoms with E-state index in [9.17, 15) is 4.79 Å². The zero-order valence-corrected chi connectivity index (χ0v) is 11.6. The number of likely N-dealkylation sites (N-methyl/N-ethyl adjacent to an activating group) is 1. The minimum absolute atomic E-state index is 0.343. The van der Waals surface area contributed by atoms with Gasteiger partial charge < -0.3 is 10.1 Å². The maximum Gasteiger partial charge on any atom is 0.414 e. The van der Waals surface area contributed by atoms with Gasteiger partial charge in [-0.2, -0.15) is 0 Å². The smallest absolute Gasteiger partial charge is 0.414 e. The van der Waals surface area contributed by atoms with Crippen LogP contribution < -0.4 is 10.2 Å². The van der Waals surface area contributed by atoms with Crippen molar-refractivity contribution in [3.8, 4) is 0 Å². The first-order valence-electron chi connectivity index (χ1n) is 6.19. The summed E-state index contributed by atoms with van der Waals surface area (Å²) in [5.41, 5.74) is 0.303. The van der Waals surface area contributed by atoms with Crippen LogP contribution in [0.15, 0.2) is 30.3 Å². The summed E-state index contributed by atoms with van der Waals surface area (Å²) in [6, 6.07) is 9.45. The Hall–Kier alpha value is -1.55. The van der Waals surface area contributed by atoms with Gasteiger partial charge in [0.05, 0.1) is 0 Å². The Morgan fingerprint density at radius 2 is 1.94 bits per heavy atom. The number of anilines is 1. The van der Waals surface area contributed by atoms with Gasteiger partial charge in [-0.1, -0.05) is 25.1 Å². The molecule has 0 fully saturated rings. The molecule has 0 saturated carbocycles. The number of hydrogen-bond acceptors (Lipinski definition) is 3. The van der Waals surface area contributed by atoms with Crippen molar-refractivity contribution in [2.45, 2.75) is 26.4 Å². The summed E-state index contributed by atoms with van der Waals surface area (Å²) in [6.45, 7) is 7.31. The lowest BCUT2D eigenvalue weighted by atomic mass is 10.1. The molecule has 0 unspecified atom stereocenters. The van der Waals surface area contributed by atoms with Crippen LogP contribution in [0.5, 0.6) is 0 Å². The highest BCUT2D eigenvalue weighted by Gasteiger charge is 2.24. The standard InChI is InChI=1S/C14H22N2O2/c1-5-15-11-14(2,3)18-13(17)16(4)12-9-7-6-8-10-12/h6-10,15H,5,11H2,1-4H3. The van der Waals surface area contributed by atoms with Crippen molar-refractivity contribution in [3.05, 3.63) is 30.3 Å². The lowest BCUT2D eigenvalue weighted by molar-refractivity contribution is 0.0452. The predicted molar refractivity (Wildman–Crippen MR) is 73.9 cm³/mol. The average Bonchev–Trinajstić information content (AvgIpc) is 2.36. The largest absolute Gasteiger partial charge is 0.442 e. The number of carbonyl (C=O) groups excluding carboxylic acids is 1. The first-order valence-corrected chi connectivity index (χ1v) is 6.19. The molecule has 100 valence electrons. The van der Waals surface area contributed by atoms with E-state index in [4.69, 9.17) is 4.74 Å². The van der Waals surface area contributed by atoms with Crippen LogP contribution in [0.1, 0.15) is 20.8 Å². The molecule has 4 nitrogen and oxygen atoms in total. The third-order valence-corrected chi connectivity index (χ3v) is 2.58. The van der Waals surface area contributed by atoms with Gasteiger partial charge in [0.25, 0.3) is 0 Å². The fourth-order valence-corrected chi connectivity index (χ4v) is 1.52.